The summed E-state index contributed by atoms with van der Waals surface area (Å²) in [6.45, 7) is 0.833. The lowest BCUT2D eigenvalue weighted by atomic mass is 10.1. The number of fused-ring (bicyclic) bond motifs is 3. The van der Waals surface area contributed by atoms with E-state index in [4.69, 9.17) is 4.74 Å². The van der Waals surface area contributed by atoms with Gasteiger partial charge in [-0.15, -0.1) is 0 Å². The largest absolute Gasteiger partial charge is 0.494 e. The van der Waals surface area contributed by atoms with Crippen LogP contribution in [0.2, 0.25) is 0 Å². The number of rotatable bonds is 4. The summed E-state index contributed by atoms with van der Waals surface area (Å²) >= 11 is 0. The Kier molecular flexibility index (Phi) is 3.38. The molecule has 0 unspecified atom stereocenters. The molecule has 4 aromatic rings. The molecule has 114 valence electrons. The van der Waals surface area contributed by atoms with Crippen molar-refractivity contribution < 1.29 is 4.74 Å². The molecule has 4 rings (SSSR count). The van der Waals surface area contributed by atoms with Crippen molar-refractivity contribution in [3.8, 4) is 5.75 Å². The van der Waals surface area contributed by atoms with Crippen LogP contribution in [0.5, 0.6) is 5.75 Å². The number of hydrogen-bond acceptors (Lipinski definition) is 4. The normalized spacial score (nSPS) is 11.2. The van der Waals surface area contributed by atoms with Crippen LogP contribution < -0.4 is 4.74 Å². The molecular formula is C18H16N4O. The molecule has 5 nitrogen and oxygen atoms in total. The van der Waals surface area contributed by atoms with E-state index in [1.807, 2.05) is 18.5 Å². The van der Waals surface area contributed by atoms with Crippen molar-refractivity contribution >= 4 is 22.1 Å². The predicted molar refractivity (Wildman–Crippen MR) is 89.5 cm³/mol. The van der Waals surface area contributed by atoms with E-state index in [1.165, 1.54) is 5.56 Å². The molecule has 5 heteroatoms. The molecule has 0 fully saturated rings. The van der Waals surface area contributed by atoms with Gasteiger partial charge in [0.15, 0.2) is 0 Å². The summed E-state index contributed by atoms with van der Waals surface area (Å²) in [5.41, 5.74) is 4.77. The summed E-state index contributed by atoms with van der Waals surface area (Å²) in [5.74, 6) is 0.728. The van der Waals surface area contributed by atoms with Crippen LogP contribution in [0.3, 0.4) is 0 Å². The van der Waals surface area contributed by atoms with E-state index in [1.54, 1.807) is 19.5 Å². The molecule has 0 saturated heterocycles. The van der Waals surface area contributed by atoms with Gasteiger partial charge in [0.05, 0.1) is 19.0 Å². The topological polar surface area (TPSA) is 52.8 Å². The van der Waals surface area contributed by atoms with Crippen LogP contribution in [0.25, 0.3) is 22.1 Å². The van der Waals surface area contributed by atoms with Gasteiger partial charge in [0.25, 0.3) is 0 Å². The zero-order valence-corrected chi connectivity index (χ0v) is 12.8. The van der Waals surface area contributed by atoms with Gasteiger partial charge < -0.3 is 9.30 Å². The van der Waals surface area contributed by atoms with Crippen LogP contribution in [0.1, 0.15) is 5.56 Å². The molecule has 0 aliphatic heterocycles. The molecule has 2 heterocycles. The molecule has 0 aliphatic carbocycles. The van der Waals surface area contributed by atoms with Gasteiger partial charge in [0.1, 0.15) is 22.3 Å². The van der Waals surface area contributed by atoms with Gasteiger partial charge in [0.2, 0.25) is 0 Å². The maximum absolute atomic E-state index is 5.47. The third kappa shape index (κ3) is 2.40. The maximum Gasteiger partial charge on any atom is 0.149 e. The number of imidazole rings is 1. The van der Waals surface area contributed by atoms with Crippen LogP contribution in [0.4, 0.5) is 0 Å². The van der Waals surface area contributed by atoms with Crippen molar-refractivity contribution in [2.24, 2.45) is 0 Å². The van der Waals surface area contributed by atoms with Crippen molar-refractivity contribution in [2.75, 3.05) is 7.11 Å². The highest BCUT2D eigenvalue weighted by Crippen LogP contribution is 2.30. The molecule has 0 atom stereocenters. The van der Waals surface area contributed by atoms with Gasteiger partial charge in [-0.1, -0.05) is 30.3 Å². The van der Waals surface area contributed by atoms with Crippen molar-refractivity contribution in [3.63, 3.8) is 0 Å². The molecule has 2 aromatic carbocycles. The summed E-state index contributed by atoms with van der Waals surface area (Å²) in [5, 5.41) is 0. The Hall–Kier alpha value is -2.95. The Morgan fingerprint density at radius 3 is 2.65 bits per heavy atom. The van der Waals surface area contributed by atoms with Gasteiger partial charge in [-0.25, -0.2) is 4.98 Å². The first-order valence-corrected chi connectivity index (χ1v) is 7.53. The van der Waals surface area contributed by atoms with E-state index in [9.17, 15) is 0 Å². The number of nitrogens with zero attached hydrogens (tertiary/aromatic N) is 4. The Bertz CT molecular complexity index is 963. The Balaban J connectivity index is 1.82. The fourth-order valence-corrected chi connectivity index (χ4v) is 2.86. The molecule has 0 saturated carbocycles. The first-order valence-electron chi connectivity index (χ1n) is 7.53. The second kappa shape index (κ2) is 5.68. The summed E-state index contributed by atoms with van der Waals surface area (Å²) < 4.78 is 7.59. The Morgan fingerprint density at radius 1 is 1.00 bits per heavy atom. The van der Waals surface area contributed by atoms with Crippen LogP contribution in [-0.4, -0.2) is 26.6 Å². The Labute approximate surface area is 133 Å². The smallest absolute Gasteiger partial charge is 0.149 e. The van der Waals surface area contributed by atoms with Gasteiger partial charge in [0, 0.05) is 25.0 Å². The van der Waals surface area contributed by atoms with Gasteiger partial charge in [-0.05, 0) is 12.0 Å². The lowest BCUT2D eigenvalue weighted by molar-refractivity contribution is 0.419. The highest BCUT2D eigenvalue weighted by molar-refractivity contribution is 6.03. The number of benzene rings is 2. The molecule has 0 aliphatic rings. The quantitative estimate of drug-likeness (QED) is 0.581. The molecule has 0 radical (unpaired) electrons. The molecule has 0 bridgehead atoms. The van der Waals surface area contributed by atoms with E-state index < -0.39 is 0 Å². The zero-order valence-electron chi connectivity index (χ0n) is 12.8. The predicted octanol–water partition coefficient (Wildman–Crippen LogP) is 3.23. The SMILES string of the molecule is COc1cc2nccnc2c2c1ncn2CCc1ccccc1. The van der Waals surface area contributed by atoms with E-state index >= 15 is 0 Å². The summed E-state index contributed by atoms with van der Waals surface area (Å²) in [4.78, 5) is 13.4. The first-order chi connectivity index (χ1) is 11.4. The summed E-state index contributed by atoms with van der Waals surface area (Å²) in [6, 6.07) is 12.3. The minimum absolute atomic E-state index is 0.728. The van der Waals surface area contributed by atoms with Crippen LogP contribution in [0, 0.1) is 0 Å². The van der Waals surface area contributed by atoms with Crippen molar-refractivity contribution in [1.29, 1.82) is 0 Å². The summed E-state index contributed by atoms with van der Waals surface area (Å²) in [7, 11) is 1.65. The van der Waals surface area contributed by atoms with E-state index in [-0.39, 0.29) is 0 Å². The van der Waals surface area contributed by atoms with E-state index in [2.05, 4.69) is 43.8 Å². The zero-order chi connectivity index (χ0) is 15.6. The van der Waals surface area contributed by atoms with Crippen LogP contribution in [0.15, 0.2) is 55.1 Å². The number of aromatic nitrogens is 4. The fraction of sp³-hybridized carbons (Fsp3) is 0.167. The average molecular weight is 304 g/mol. The standard InChI is InChI=1S/C18H16N4O/c1-23-15-11-14-16(20-9-8-19-14)18-17(15)21-12-22(18)10-7-13-5-3-2-4-6-13/h2-6,8-9,11-12H,7,10H2,1H3. The van der Waals surface area contributed by atoms with Gasteiger partial charge in [-0.2, -0.15) is 0 Å². The molecular weight excluding hydrogens is 288 g/mol. The molecule has 0 amide bonds. The lowest BCUT2D eigenvalue weighted by Gasteiger charge is -2.08. The number of aryl methyl sites for hydroxylation is 2. The van der Waals surface area contributed by atoms with Crippen LogP contribution in [-0.2, 0) is 13.0 Å². The maximum atomic E-state index is 5.47. The van der Waals surface area contributed by atoms with Crippen molar-refractivity contribution in [1.82, 2.24) is 19.5 Å². The number of ether oxygens (including phenoxy) is 1. The van der Waals surface area contributed by atoms with Gasteiger partial charge in [-0.3, -0.25) is 9.97 Å². The highest BCUT2D eigenvalue weighted by atomic mass is 16.5. The Morgan fingerprint density at radius 2 is 1.83 bits per heavy atom. The molecule has 23 heavy (non-hydrogen) atoms. The van der Waals surface area contributed by atoms with Gasteiger partial charge >= 0.3 is 0 Å². The second-order valence-corrected chi connectivity index (χ2v) is 5.37. The fourth-order valence-electron chi connectivity index (χ4n) is 2.86. The molecule has 0 N–H and O–H groups in total. The van der Waals surface area contributed by atoms with E-state index in [0.717, 1.165) is 40.8 Å². The van der Waals surface area contributed by atoms with E-state index in [0.29, 0.717) is 0 Å². The van der Waals surface area contributed by atoms with Crippen molar-refractivity contribution in [2.45, 2.75) is 13.0 Å². The summed E-state index contributed by atoms with van der Waals surface area (Å²) in [6.07, 6.45) is 6.19. The lowest BCUT2D eigenvalue weighted by Crippen LogP contribution is -2.01. The minimum Gasteiger partial charge on any atom is -0.494 e. The monoisotopic (exact) mass is 304 g/mol. The average Bonchev–Trinajstić information content (AvgIpc) is 3.04. The number of hydrogen-bond donors (Lipinski definition) is 0. The highest BCUT2D eigenvalue weighted by Gasteiger charge is 2.14. The van der Waals surface area contributed by atoms with Crippen molar-refractivity contribution in [3.05, 3.63) is 60.7 Å². The molecule has 0 spiro atoms. The van der Waals surface area contributed by atoms with Crippen LogP contribution >= 0.6 is 0 Å². The first kappa shape index (κ1) is 13.7. The molecule has 2 aromatic heterocycles. The third-order valence-electron chi connectivity index (χ3n) is 3.99. The third-order valence-corrected chi connectivity index (χ3v) is 3.99. The second-order valence-electron chi connectivity index (χ2n) is 5.37. The number of methoxy groups -OCH3 is 1. The minimum atomic E-state index is 0.728.